The minimum Gasteiger partial charge on any atom is -0.373 e. The number of piperazine rings is 1. The van der Waals surface area contributed by atoms with Crippen LogP contribution in [-0.2, 0) is 0 Å². The van der Waals surface area contributed by atoms with Gasteiger partial charge < -0.3 is 10.2 Å². The van der Waals surface area contributed by atoms with Crippen LogP contribution in [0.5, 0.6) is 0 Å². The summed E-state index contributed by atoms with van der Waals surface area (Å²) in [6.07, 6.45) is 0. The lowest BCUT2D eigenvalue weighted by molar-refractivity contribution is 0.138. The average Bonchev–Trinajstić information content (AvgIpc) is 2.32. The van der Waals surface area contributed by atoms with Crippen LogP contribution in [0.2, 0.25) is 0 Å². The summed E-state index contributed by atoms with van der Waals surface area (Å²) in [4.78, 5) is 9.37. The highest BCUT2D eigenvalue weighted by molar-refractivity contribution is 5.47. The molecule has 17 heavy (non-hydrogen) atoms. The van der Waals surface area contributed by atoms with Gasteiger partial charge >= 0.3 is 0 Å². The van der Waals surface area contributed by atoms with Crippen molar-refractivity contribution in [3.8, 4) is 0 Å². The van der Waals surface area contributed by atoms with Gasteiger partial charge in [-0.1, -0.05) is 6.07 Å². The molecule has 0 unspecified atom stereocenters. The van der Waals surface area contributed by atoms with Crippen LogP contribution in [0.4, 0.5) is 11.6 Å². The molecule has 0 saturated carbocycles. The highest BCUT2D eigenvalue weighted by atomic mass is 15.3. The van der Waals surface area contributed by atoms with Crippen molar-refractivity contribution in [1.82, 2.24) is 9.88 Å². The Morgan fingerprint density at radius 3 is 2.71 bits per heavy atom. The fourth-order valence-corrected chi connectivity index (χ4v) is 2.17. The molecule has 4 heteroatoms. The zero-order valence-electron chi connectivity index (χ0n) is 11.2. The molecule has 2 rings (SSSR count). The van der Waals surface area contributed by atoms with E-state index >= 15 is 0 Å². The van der Waals surface area contributed by atoms with Gasteiger partial charge in [0.15, 0.2) is 0 Å². The second kappa shape index (κ2) is 4.53. The topological polar surface area (TPSA) is 31.4 Å². The first-order chi connectivity index (χ1) is 8.03. The first-order valence-corrected chi connectivity index (χ1v) is 6.14. The van der Waals surface area contributed by atoms with E-state index in [2.05, 4.69) is 53.1 Å². The Morgan fingerprint density at radius 1 is 1.29 bits per heavy atom. The zero-order chi connectivity index (χ0) is 12.5. The maximum atomic E-state index is 4.60. The van der Waals surface area contributed by atoms with Crippen LogP contribution in [0.25, 0.3) is 0 Å². The van der Waals surface area contributed by atoms with Crippen molar-refractivity contribution in [1.29, 1.82) is 0 Å². The standard InChI is InChI=1S/C13H22N4/c1-13(2)10-17(9-8-16(13)4)12-7-5-6-11(14-3)15-12/h5-7H,8-10H2,1-4H3,(H,14,15). The van der Waals surface area contributed by atoms with E-state index in [0.29, 0.717) is 0 Å². The SMILES string of the molecule is CNc1cccc(N2CCN(C)C(C)(C)C2)n1. The predicted molar refractivity (Wildman–Crippen MR) is 72.7 cm³/mol. The van der Waals surface area contributed by atoms with Crippen molar-refractivity contribution < 1.29 is 0 Å². The van der Waals surface area contributed by atoms with Crippen LogP contribution in [-0.4, -0.2) is 49.2 Å². The third-order valence-corrected chi connectivity index (χ3v) is 3.63. The van der Waals surface area contributed by atoms with Gasteiger partial charge in [-0.3, -0.25) is 4.90 Å². The van der Waals surface area contributed by atoms with Crippen LogP contribution in [0.1, 0.15) is 13.8 Å². The van der Waals surface area contributed by atoms with Crippen LogP contribution >= 0.6 is 0 Å². The summed E-state index contributed by atoms with van der Waals surface area (Å²) in [5.41, 5.74) is 0.204. The molecule has 1 aromatic rings. The highest BCUT2D eigenvalue weighted by Gasteiger charge is 2.31. The molecule has 0 aromatic carbocycles. The molecule has 0 atom stereocenters. The molecular formula is C13H22N4. The summed E-state index contributed by atoms with van der Waals surface area (Å²) in [5.74, 6) is 2.00. The molecule has 1 N–H and O–H groups in total. The number of pyridine rings is 1. The van der Waals surface area contributed by atoms with Crippen LogP contribution < -0.4 is 10.2 Å². The maximum Gasteiger partial charge on any atom is 0.131 e. The van der Waals surface area contributed by atoms with E-state index in [4.69, 9.17) is 0 Å². The Balaban J connectivity index is 2.17. The number of anilines is 2. The average molecular weight is 234 g/mol. The van der Waals surface area contributed by atoms with Crippen molar-refractivity contribution in [3.05, 3.63) is 18.2 Å². The van der Waals surface area contributed by atoms with Crippen molar-refractivity contribution in [2.45, 2.75) is 19.4 Å². The molecule has 1 aliphatic rings. The van der Waals surface area contributed by atoms with Gasteiger partial charge in [-0.05, 0) is 33.0 Å². The van der Waals surface area contributed by atoms with Gasteiger partial charge in [-0.25, -0.2) is 4.98 Å². The number of aromatic nitrogens is 1. The molecular weight excluding hydrogens is 212 g/mol. The molecule has 1 aliphatic heterocycles. The van der Waals surface area contributed by atoms with E-state index in [9.17, 15) is 0 Å². The summed E-state index contributed by atoms with van der Waals surface area (Å²) in [7, 11) is 4.09. The first kappa shape index (κ1) is 12.2. The van der Waals surface area contributed by atoms with E-state index in [0.717, 1.165) is 31.3 Å². The Hall–Kier alpha value is -1.29. The molecule has 0 bridgehead atoms. The van der Waals surface area contributed by atoms with Gasteiger partial charge in [0.05, 0.1) is 0 Å². The fourth-order valence-electron chi connectivity index (χ4n) is 2.17. The van der Waals surface area contributed by atoms with E-state index in [1.165, 1.54) is 0 Å². The van der Waals surface area contributed by atoms with Crippen molar-refractivity contribution >= 4 is 11.6 Å². The van der Waals surface area contributed by atoms with Gasteiger partial charge in [0.2, 0.25) is 0 Å². The minimum atomic E-state index is 0.204. The molecule has 1 fully saturated rings. The summed E-state index contributed by atoms with van der Waals surface area (Å²) in [6, 6.07) is 6.13. The van der Waals surface area contributed by atoms with E-state index < -0.39 is 0 Å². The Labute approximate surface area is 104 Å². The molecule has 1 saturated heterocycles. The molecule has 0 radical (unpaired) electrons. The third kappa shape index (κ3) is 2.52. The second-order valence-electron chi connectivity index (χ2n) is 5.29. The lowest BCUT2D eigenvalue weighted by atomic mass is 10.00. The van der Waals surface area contributed by atoms with Crippen molar-refractivity contribution in [3.63, 3.8) is 0 Å². The number of likely N-dealkylation sites (N-methyl/N-ethyl adjacent to an activating group) is 1. The summed E-state index contributed by atoms with van der Waals surface area (Å²) in [6.45, 7) is 7.70. The zero-order valence-corrected chi connectivity index (χ0v) is 11.2. The lowest BCUT2D eigenvalue weighted by Gasteiger charge is -2.45. The maximum absolute atomic E-state index is 4.60. The van der Waals surface area contributed by atoms with Gasteiger partial charge in [-0.15, -0.1) is 0 Å². The van der Waals surface area contributed by atoms with E-state index in [-0.39, 0.29) is 5.54 Å². The molecule has 1 aromatic heterocycles. The number of nitrogens with zero attached hydrogens (tertiary/aromatic N) is 3. The lowest BCUT2D eigenvalue weighted by Crippen LogP contribution is -2.57. The quantitative estimate of drug-likeness (QED) is 0.843. The molecule has 4 nitrogen and oxygen atoms in total. The Kier molecular flexibility index (Phi) is 3.24. The van der Waals surface area contributed by atoms with Crippen molar-refractivity contribution in [2.24, 2.45) is 0 Å². The normalized spacial score (nSPS) is 20.4. The third-order valence-electron chi connectivity index (χ3n) is 3.63. The number of nitrogens with one attached hydrogen (secondary N) is 1. The summed E-state index contributed by atoms with van der Waals surface area (Å²) in [5, 5.41) is 3.09. The van der Waals surface area contributed by atoms with Gasteiger partial charge in [-0.2, -0.15) is 0 Å². The number of rotatable bonds is 2. The van der Waals surface area contributed by atoms with Gasteiger partial charge in [0.25, 0.3) is 0 Å². The van der Waals surface area contributed by atoms with E-state index in [1.54, 1.807) is 0 Å². The number of hydrogen-bond donors (Lipinski definition) is 1. The first-order valence-electron chi connectivity index (χ1n) is 6.14. The van der Waals surface area contributed by atoms with Crippen LogP contribution in [0.15, 0.2) is 18.2 Å². The fraction of sp³-hybridized carbons (Fsp3) is 0.615. The Morgan fingerprint density at radius 2 is 2.06 bits per heavy atom. The largest absolute Gasteiger partial charge is 0.373 e. The number of hydrogen-bond acceptors (Lipinski definition) is 4. The van der Waals surface area contributed by atoms with Crippen molar-refractivity contribution in [2.75, 3.05) is 43.9 Å². The summed E-state index contributed by atoms with van der Waals surface area (Å²) < 4.78 is 0. The van der Waals surface area contributed by atoms with E-state index in [1.807, 2.05) is 13.1 Å². The predicted octanol–water partition coefficient (Wildman–Crippen LogP) is 1.65. The Bertz CT molecular complexity index is 389. The minimum absolute atomic E-state index is 0.204. The molecule has 0 aliphatic carbocycles. The summed E-state index contributed by atoms with van der Waals surface area (Å²) >= 11 is 0. The van der Waals surface area contributed by atoms with Gasteiger partial charge in [0.1, 0.15) is 11.6 Å². The molecule has 94 valence electrons. The second-order valence-corrected chi connectivity index (χ2v) is 5.29. The van der Waals surface area contributed by atoms with Crippen LogP contribution in [0, 0.1) is 0 Å². The van der Waals surface area contributed by atoms with Gasteiger partial charge in [0, 0.05) is 32.2 Å². The molecule has 0 spiro atoms. The van der Waals surface area contributed by atoms with Crippen LogP contribution in [0.3, 0.4) is 0 Å². The molecule has 2 heterocycles. The monoisotopic (exact) mass is 234 g/mol. The molecule has 0 amide bonds. The smallest absolute Gasteiger partial charge is 0.131 e. The highest BCUT2D eigenvalue weighted by Crippen LogP contribution is 2.23.